The summed E-state index contributed by atoms with van der Waals surface area (Å²) in [5.74, 6) is -2.08. The van der Waals surface area contributed by atoms with Crippen LogP contribution in [0.2, 0.25) is 0 Å². The Morgan fingerprint density at radius 1 is 0.844 bits per heavy atom. The van der Waals surface area contributed by atoms with Gasteiger partial charge in [-0.05, 0) is 24.1 Å². The lowest BCUT2D eigenvalue weighted by Crippen LogP contribution is -2.54. The Morgan fingerprint density at radius 3 is 2.00 bits per heavy atom. The summed E-state index contributed by atoms with van der Waals surface area (Å²) in [4.78, 5) is 42.5. The van der Waals surface area contributed by atoms with Gasteiger partial charge in [0.15, 0.2) is 0 Å². The quantitative estimate of drug-likeness (QED) is 0.305. The second-order valence-corrected chi connectivity index (χ2v) is 7.15. The average molecular weight is 442 g/mol. The van der Waals surface area contributed by atoms with Gasteiger partial charge >= 0.3 is 5.91 Å². The summed E-state index contributed by atoms with van der Waals surface area (Å²) in [5.41, 5.74) is 3.99. The van der Waals surface area contributed by atoms with Gasteiger partial charge in [0, 0.05) is 0 Å². The number of carbonyl (C=O) groups is 3. The van der Waals surface area contributed by atoms with Crippen molar-refractivity contribution in [3.8, 4) is 0 Å². The number of hydroxylamine groups is 1. The number of rotatable bonds is 14. The van der Waals surface area contributed by atoms with Crippen LogP contribution in [0, 0.1) is 0 Å². The highest BCUT2D eigenvalue weighted by molar-refractivity contribution is 6.38. The summed E-state index contributed by atoms with van der Waals surface area (Å²) < 4.78 is 5.67. The molecule has 172 valence electrons. The molecule has 0 aliphatic carbocycles. The molecule has 3 N–H and O–H groups in total. The van der Waals surface area contributed by atoms with Crippen molar-refractivity contribution in [2.24, 2.45) is 0 Å². The van der Waals surface area contributed by atoms with Crippen LogP contribution in [0.15, 0.2) is 60.7 Å². The maximum Gasteiger partial charge on any atom is 0.313 e. The van der Waals surface area contributed by atoms with Crippen LogP contribution in [0.1, 0.15) is 31.4 Å². The Kier molecular flexibility index (Phi) is 11.1. The van der Waals surface area contributed by atoms with E-state index in [0.29, 0.717) is 13.2 Å². The first-order valence-electron chi connectivity index (χ1n) is 10.7. The zero-order chi connectivity index (χ0) is 23.2. The van der Waals surface area contributed by atoms with E-state index in [1.54, 1.807) is 6.92 Å². The Labute approximate surface area is 188 Å². The average Bonchev–Trinajstić information content (AvgIpc) is 2.82. The molecule has 0 bridgehead atoms. The molecular formula is C24H31N3O5. The lowest BCUT2D eigenvalue weighted by molar-refractivity contribution is -0.148. The molecule has 0 aromatic heterocycles. The van der Waals surface area contributed by atoms with Crippen LogP contribution in [0.25, 0.3) is 0 Å². The fourth-order valence-corrected chi connectivity index (χ4v) is 2.94. The van der Waals surface area contributed by atoms with Crippen LogP contribution in [0.5, 0.6) is 0 Å². The summed E-state index contributed by atoms with van der Waals surface area (Å²) in [6.07, 6.45) is 0.264. The molecule has 2 atom stereocenters. The molecule has 0 aliphatic heterocycles. The van der Waals surface area contributed by atoms with Gasteiger partial charge < -0.3 is 15.4 Å². The van der Waals surface area contributed by atoms with Crippen LogP contribution in [0.4, 0.5) is 0 Å². The largest absolute Gasteiger partial charge is 0.375 e. The highest BCUT2D eigenvalue weighted by atomic mass is 16.7. The molecule has 2 aromatic carbocycles. The van der Waals surface area contributed by atoms with Crippen molar-refractivity contribution in [1.29, 1.82) is 0 Å². The minimum atomic E-state index is -0.960. The molecule has 0 aliphatic rings. The van der Waals surface area contributed by atoms with Crippen molar-refractivity contribution in [2.45, 2.75) is 45.6 Å². The molecule has 32 heavy (non-hydrogen) atoms. The number of ether oxygens (including phenoxy) is 1. The Morgan fingerprint density at radius 2 is 1.44 bits per heavy atom. The zero-order valence-electron chi connectivity index (χ0n) is 18.5. The number of hydrogen-bond donors (Lipinski definition) is 3. The van der Waals surface area contributed by atoms with Gasteiger partial charge in [-0.2, -0.15) is 0 Å². The van der Waals surface area contributed by atoms with Crippen molar-refractivity contribution in [1.82, 2.24) is 16.1 Å². The second-order valence-electron chi connectivity index (χ2n) is 7.15. The third kappa shape index (κ3) is 8.58. The number of amides is 2. The number of likely N-dealkylation sites (N-methyl/N-ethyl adjacent to an activating group) is 1. The number of hydrogen-bond acceptors (Lipinski definition) is 6. The molecule has 2 aromatic rings. The Bertz CT molecular complexity index is 845. The SMILES string of the molecule is CCN[C@H](COCc1ccccc1)C(=O)N[C@@H](CC)C(=O)C(=O)NOCc1ccccc1. The van der Waals surface area contributed by atoms with Crippen LogP contribution >= 0.6 is 0 Å². The molecule has 0 saturated heterocycles. The monoisotopic (exact) mass is 441 g/mol. The highest BCUT2D eigenvalue weighted by Gasteiger charge is 2.28. The first-order valence-corrected chi connectivity index (χ1v) is 10.7. The summed E-state index contributed by atoms with van der Waals surface area (Å²) in [6.45, 7) is 4.76. The lowest BCUT2D eigenvalue weighted by atomic mass is 10.1. The highest BCUT2D eigenvalue weighted by Crippen LogP contribution is 2.03. The summed E-state index contributed by atoms with van der Waals surface area (Å²) >= 11 is 0. The van der Waals surface area contributed by atoms with Gasteiger partial charge in [-0.3, -0.25) is 19.2 Å². The van der Waals surface area contributed by atoms with E-state index in [-0.39, 0.29) is 19.6 Å². The molecule has 2 amide bonds. The molecule has 0 unspecified atom stereocenters. The van der Waals surface area contributed by atoms with Gasteiger partial charge in [-0.1, -0.05) is 74.5 Å². The maximum absolute atomic E-state index is 12.7. The fraction of sp³-hybridized carbons (Fsp3) is 0.375. The van der Waals surface area contributed by atoms with Crippen molar-refractivity contribution in [3.63, 3.8) is 0 Å². The number of carbonyl (C=O) groups excluding carboxylic acids is 3. The zero-order valence-corrected chi connectivity index (χ0v) is 18.5. The van der Waals surface area contributed by atoms with Gasteiger partial charge in [-0.25, -0.2) is 5.48 Å². The third-order valence-electron chi connectivity index (χ3n) is 4.67. The number of benzene rings is 2. The maximum atomic E-state index is 12.7. The first-order chi connectivity index (χ1) is 15.5. The van der Waals surface area contributed by atoms with Gasteiger partial charge in [0.2, 0.25) is 11.7 Å². The second kappa shape index (κ2) is 14.1. The van der Waals surface area contributed by atoms with Crippen LogP contribution in [-0.4, -0.2) is 42.8 Å². The van der Waals surface area contributed by atoms with Gasteiger partial charge in [0.25, 0.3) is 0 Å². The van der Waals surface area contributed by atoms with E-state index < -0.39 is 29.7 Å². The Hall–Kier alpha value is -3.07. The summed E-state index contributed by atoms with van der Waals surface area (Å²) in [5, 5.41) is 5.69. The van der Waals surface area contributed by atoms with E-state index in [2.05, 4.69) is 16.1 Å². The van der Waals surface area contributed by atoms with Crippen molar-refractivity contribution >= 4 is 17.6 Å². The standard InChI is InChI=1S/C24H31N3O5/c1-3-20(22(28)24(30)27-32-16-19-13-9-6-10-14-19)26-23(29)21(25-4-2)17-31-15-18-11-7-5-8-12-18/h5-14,20-21,25H,3-4,15-17H2,1-2H3,(H,26,29)(H,27,30)/t20-,21+/m0/s1. The van der Waals surface area contributed by atoms with Gasteiger partial charge in [-0.15, -0.1) is 0 Å². The molecule has 2 rings (SSSR count). The number of nitrogens with one attached hydrogen (secondary N) is 3. The van der Waals surface area contributed by atoms with Crippen molar-refractivity contribution in [3.05, 3.63) is 71.8 Å². The molecule has 8 nitrogen and oxygen atoms in total. The molecule has 0 heterocycles. The predicted octanol–water partition coefficient (Wildman–Crippen LogP) is 1.89. The van der Waals surface area contributed by atoms with Crippen molar-refractivity contribution < 1.29 is 24.0 Å². The summed E-state index contributed by atoms with van der Waals surface area (Å²) in [7, 11) is 0. The minimum absolute atomic E-state index is 0.129. The van der Waals surface area contributed by atoms with Gasteiger partial charge in [0.05, 0.1) is 25.9 Å². The van der Waals surface area contributed by atoms with E-state index in [1.165, 1.54) is 0 Å². The lowest BCUT2D eigenvalue weighted by Gasteiger charge is -2.21. The Balaban J connectivity index is 1.82. The van der Waals surface area contributed by atoms with Crippen LogP contribution in [-0.2, 0) is 37.2 Å². The van der Waals surface area contributed by atoms with Crippen LogP contribution in [0.3, 0.4) is 0 Å². The molecular weight excluding hydrogens is 410 g/mol. The minimum Gasteiger partial charge on any atom is -0.375 e. The molecule has 0 spiro atoms. The summed E-state index contributed by atoms with van der Waals surface area (Å²) in [6, 6.07) is 17.3. The van der Waals surface area contributed by atoms with Crippen molar-refractivity contribution in [2.75, 3.05) is 13.2 Å². The molecule has 0 fully saturated rings. The molecule has 0 radical (unpaired) electrons. The smallest absolute Gasteiger partial charge is 0.313 e. The first kappa shape index (κ1) is 25.2. The number of Topliss-reactive ketones (excluding diaryl/α,β-unsaturated/α-hetero) is 1. The van der Waals surface area contributed by atoms with E-state index in [1.807, 2.05) is 67.6 Å². The number of ketones is 1. The van der Waals surface area contributed by atoms with E-state index in [9.17, 15) is 14.4 Å². The third-order valence-corrected chi connectivity index (χ3v) is 4.67. The van der Waals surface area contributed by atoms with E-state index in [4.69, 9.17) is 9.57 Å². The van der Waals surface area contributed by atoms with E-state index in [0.717, 1.165) is 11.1 Å². The predicted molar refractivity (Wildman–Crippen MR) is 120 cm³/mol. The normalized spacial score (nSPS) is 12.6. The topological polar surface area (TPSA) is 106 Å². The fourth-order valence-electron chi connectivity index (χ4n) is 2.94. The molecule has 8 heteroatoms. The van der Waals surface area contributed by atoms with E-state index >= 15 is 0 Å². The molecule has 0 saturated carbocycles. The van der Waals surface area contributed by atoms with Gasteiger partial charge in [0.1, 0.15) is 6.04 Å². The van der Waals surface area contributed by atoms with Crippen LogP contribution < -0.4 is 16.1 Å².